The third-order valence-corrected chi connectivity index (χ3v) is 5.69. The van der Waals surface area contributed by atoms with Crippen LogP contribution in [0.2, 0.25) is 0 Å². The van der Waals surface area contributed by atoms with E-state index in [9.17, 15) is 9.59 Å². The van der Waals surface area contributed by atoms with E-state index >= 15 is 0 Å². The summed E-state index contributed by atoms with van der Waals surface area (Å²) in [6.45, 7) is 6.93. The Morgan fingerprint density at radius 2 is 2.04 bits per heavy atom. The van der Waals surface area contributed by atoms with Crippen LogP contribution >= 0.6 is 11.8 Å². The predicted octanol–water partition coefficient (Wildman–Crippen LogP) is 2.59. The van der Waals surface area contributed by atoms with Gasteiger partial charge < -0.3 is 10.1 Å². The lowest BCUT2D eigenvalue weighted by Crippen LogP contribution is -2.40. The summed E-state index contributed by atoms with van der Waals surface area (Å²) in [6.07, 6.45) is 0. The van der Waals surface area contributed by atoms with Crippen molar-refractivity contribution in [3.63, 3.8) is 0 Å². The number of benzene rings is 1. The van der Waals surface area contributed by atoms with Gasteiger partial charge in [0.1, 0.15) is 5.75 Å². The molecule has 144 valence electrons. The molecule has 1 N–H and O–H groups in total. The van der Waals surface area contributed by atoms with Crippen molar-refractivity contribution >= 4 is 17.7 Å². The van der Waals surface area contributed by atoms with Gasteiger partial charge >= 0.3 is 0 Å². The van der Waals surface area contributed by atoms with E-state index in [1.165, 1.54) is 11.8 Å². The number of carbonyl (C=O) groups excluding carboxylic acids is 1. The number of aromatic nitrogens is 2. The molecule has 1 aromatic heterocycles. The molecule has 0 aliphatic carbocycles. The Labute approximate surface area is 163 Å². The van der Waals surface area contributed by atoms with Crippen molar-refractivity contribution < 1.29 is 9.53 Å². The fourth-order valence-corrected chi connectivity index (χ4v) is 3.92. The first-order valence-electron chi connectivity index (χ1n) is 8.94. The summed E-state index contributed by atoms with van der Waals surface area (Å²) in [5, 5.41) is 3.66. The third-order valence-electron chi connectivity index (χ3n) is 4.55. The summed E-state index contributed by atoms with van der Waals surface area (Å²) < 4.78 is 6.75. The van der Waals surface area contributed by atoms with Gasteiger partial charge in [-0.3, -0.25) is 14.2 Å². The number of rotatable bonds is 4. The second-order valence-corrected chi connectivity index (χ2v) is 8.68. The van der Waals surface area contributed by atoms with E-state index in [4.69, 9.17) is 4.74 Å². The Bertz CT molecular complexity index is 885. The highest BCUT2D eigenvalue weighted by Crippen LogP contribution is 2.28. The predicted molar refractivity (Wildman–Crippen MR) is 106 cm³/mol. The summed E-state index contributed by atoms with van der Waals surface area (Å²) in [7, 11) is 1.62. The molecule has 0 radical (unpaired) electrons. The Morgan fingerprint density at radius 3 is 2.67 bits per heavy atom. The van der Waals surface area contributed by atoms with E-state index in [1.807, 2.05) is 45.0 Å². The molecular formula is C20H25N3O3S. The van der Waals surface area contributed by atoms with Crippen LogP contribution in [-0.2, 0) is 23.3 Å². The molecule has 0 fully saturated rings. The van der Waals surface area contributed by atoms with Crippen molar-refractivity contribution in [2.45, 2.75) is 44.4 Å². The first-order valence-corrected chi connectivity index (χ1v) is 9.92. The summed E-state index contributed by atoms with van der Waals surface area (Å²) in [6, 6.07) is 9.17. The molecule has 1 amide bonds. The lowest BCUT2D eigenvalue weighted by molar-refractivity contribution is -0.125. The van der Waals surface area contributed by atoms with Gasteiger partial charge in [0.05, 0.1) is 18.7 Å². The third kappa shape index (κ3) is 4.53. The van der Waals surface area contributed by atoms with Gasteiger partial charge in [0.2, 0.25) is 5.91 Å². The second-order valence-electron chi connectivity index (χ2n) is 7.70. The molecule has 0 bridgehead atoms. The number of nitrogens with zero attached hydrogens (tertiary/aromatic N) is 2. The Morgan fingerprint density at radius 1 is 1.33 bits per heavy atom. The monoisotopic (exact) mass is 387 g/mol. The molecule has 0 saturated carbocycles. The number of amides is 1. The summed E-state index contributed by atoms with van der Waals surface area (Å²) in [4.78, 5) is 29.7. The molecule has 0 saturated heterocycles. The van der Waals surface area contributed by atoms with Crippen molar-refractivity contribution in [1.29, 1.82) is 0 Å². The number of fused-ring (bicyclic) bond motifs is 1. The number of methoxy groups -OCH3 is 1. The van der Waals surface area contributed by atoms with Gasteiger partial charge in [-0.1, -0.05) is 44.7 Å². The van der Waals surface area contributed by atoms with Crippen LogP contribution in [-0.4, -0.2) is 28.3 Å². The number of hydrogen-bond acceptors (Lipinski definition) is 5. The molecule has 1 aliphatic heterocycles. The minimum atomic E-state index is -0.249. The van der Waals surface area contributed by atoms with Gasteiger partial charge in [-0.05, 0) is 17.7 Å². The van der Waals surface area contributed by atoms with E-state index in [0.717, 1.165) is 17.0 Å². The molecule has 3 rings (SSSR count). The van der Waals surface area contributed by atoms with Crippen LogP contribution < -0.4 is 15.6 Å². The van der Waals surface area contributed by atoms with Gasteiger partial charge in [-0.15, -0.1) is 0 Å². The van der Waals surface area contributed by atoms with Crippen LogP contribution in [0.4, 0.5) is 0 Å². The molecule has 0 spiro atoms. The summed E-state index contributed by atoms with van der Waals surface area (Å²) >= 11 is 1.47. The van der Waals surface area contributed by atoms with Crippen molar-refractivity contribution in [2.75, 3.05) is 12.9 Å². The molecule has 1 unspecified atom stereocenters. The van der Waals surface area contributed by atoms with Crippen LogP contribution in [0.25, 0.3) is 0 Å². The van der Waals surface area contributed by atoms with Gasteiger partial charge in [0, 0.05) is 30.3 Å². The molecule has 27 heavy (non-hydrogen) atoms. The maximum atomic E-state index is 12.6. The van der Waals surface area contributed by atoms with E-state index in [0.29, 0.717) is 24.0 Å². The summed E-state index contributed by atoms with van der Waals surface area (Å²) in [5.41, 5.74) is 1.52. The average Bonchev–Trinajstić information content (AvgIpc) is 2.65. The van der Waals surface area contributed by atoms with E-state index in [1.54, 1.807) is 17.7 Å². The van der Waals surface area contributed by atoms with Crippen molar-refractivity contribution in [1.82, 2.24) is 14.9 Å². The largest absolute Gasteiger partial charge is 0.497 e. The molecule has 2 aromatic rings. The van der Waals surface area contributed by atoms with Crippen LogP contribution in [0.3, 0.4) is 0 Å². The second kappa shape index (κ2) is 7.76. The fourth-order valence-electron chi connectivity index (χ4n) is 2.83. The molecular weight excluding hydrogens is 362 g/mol. The first kappa shape index (κ1) is 19.5. The quantitative estimate of drug-likeness (QED) is 0.817. The molecule has 2 heterocycles. The smallest absolute Gasteiger partial charge is 0.254 e. The lowest BCUT2D eigenvalue weighted by atomic mass is 9.92. The Hall–Kier alpha value is -2.28. The maximum absolute atomic E-state index is 12.6. The zero-order valence-corrected chi connectivity index (χ0v) is 16.9. The minimum Gasteiger partial charge on any atom is -0.497 e. The highest BCUT2D eigenvalue weighted by Gasteiger charge is 2.28. The van der Waals surface area contributed by atoms with Gasteiger partial charge in [0.25, 0.3) is 5.56 Å². The normalized spacial score (nSPS) is 16.5. The number of hydrogen-bond donors (Lipinski definition) is 1. The molecule has 1 aliphatic rings. The molecule has 7 heteroatoms. The highest BCUT2D eigenvalue weighted by atomic mass is 32.2. The zero-order valence-electron chi connectivity index (χ0n) is 16.1. The van der Waals surface area contributed by atoms with Crippen LogP contribution in [0, 0.1) is 5.92 Å². The first-order chi connectivity index (χ1) is 12.8. The van der Waals surface area contributed by atoms with Crippen LogP contribution in [0.1, 0.15) is 32.0 Å². The molecule has 6 nitrogen and oxygen atoms in total. The van der Waals surface area contributed by atoms with Crippen LogP contribution in [0.5, 0.6) is 5.75 Å². The zero-order chi connectivity index (χ0) is 19.6. The van der Waals surface area contributed by atoms with E-state index in [-0.39, 0.29) is 22.8 Å². The Balaban J connectivity index is 1.66. The maximum Gasteiger partial charge on any atom is 0.254 e. The standard InChI is InChI=1S/C20H25N3O3S/c1-20(2,3)16-9-17(24)23-11-14(12-27-19(23)22-16)18(25)21-10-13-5-7-15(26-4)8-6-13/h5-9,14H,10-12H2,1-4H3,(H,21,25). The van der Waals surface area contributed by atoms with Gasteiger partial charge in [-0.25, -0.2) is 4.98 Å². The number of ether oxygens (including phenoxy) is 1. The van der Waals surface area contributed by atoms with Crippen LogP contribution in [0.15, 0.2) is 40.3 Å². The van der Waals surface area contributed by atoms with Crippen molar-refractivity contribution in [2.24, 2.45) is 5.92 Å². The fraction of sp³-hybridized carbons (Fsp3) is 0.450. The number of carbonyl (C=O) groups is 1. The number of nitrogens with one attached hydrogen (secondary N) is 1. The topological polar surface area (TPSA) is 73.2 Å². The van der Waals surface area contributed by atoms with Crippen molar-refractivity contribution in [3.05, 3.63) is 51.9 Å². The van der Waals surface area contributed by atoms with E-state index < -0.39 is 0 Å². The summed E-state index contributed by atoms with van der Waals surface area (Å²) in [5.74, 6) is 1.11. The SMILES string of the molecule is COc1ccc(CNC(=O)C2CSc3nc(C(C)(C)C)cc(=O)n3C2)cc1. The average molecular weight is 388 g/mol. The van der Waals surface area contributed by atoms with Gasteiger partial charge in [-0.2, -0.15) is 0 Å². The minimum absolute atomic E-state index is 0.0456. The molecule has 1 atom stereocenters. The van der Waals surface area contributed by atoms with Crippen molar-refractivity contribution in [3.8, 4) is 5.75 Å². The molecule has 1 aromatic carbocycles. The van der Waals surface area contributed by atoms with E-state index in [2.05, 4.69) is 10.3 Å². The number of thioether (sulfide) groups is 1. The lowest BCUT2D eigenvalue weighted by Gasteiger charge is -2.26. The Kier molecular flexibility index (Phi) is 5.60. The van der Waals surface area contributed by atoms with Gasteiger partial charge in [0.15, 0.2) is 5.16 Å². The highest BCUT2D eigenvalue weighted by molar-refractivity contribution is 7.99.